The van der Waals surface area contributed by atoms with Crippen molar-refractivity contribution in [2.45, 2.75) is 78.4 Å². The van der Waals surface area contributed by atoms with Gasteiger partial charge < -0.3 is 9.53 Å². The first-order chi connectivity index (χ1) is 10.1. The van der Waals surface area contributed by atoms with E-state index >= 15 is 0 Å². The average Bonchev–Trinajstić information content (AvgIpc) is 2.38. The third-order valence-corrected chi connectivity index (χ3v) is 9.49. The lowest BCUT2D eigenvalue weighted by Crippen LogP contribution is -2.41. The highest BCUT2D eigenvalue weighted by Crippen LogP contribution is 2.36. The standard InChI is InChI=1S/C19H34O2Si/c1-8-9-10-16-13-15(2)17(18(20)14-16)11-12-21-22(6,7)19(3,4)5/h13-14,20H,8-12H2,1-7H3. The lowest BCUT2D eigenvalue weighted by atomic mass is 9.99. The van der Waals surface area contributed by atoms with E-state index in [0.29, 0.717) is 12.4 Å². The van der Waals surface area contributed by atoms with Crippen molar-refractivity contribution in [1.82, 2.24) is 0 Å². The van der Waals surface area contributed by atoms with Crippen molar-refractivity contribution >= 4 is 8.32 Å². The van der Waals surface area contributed by atoms with Crippen LogP contribution in [0.25, 0.3) is 0 Å². The molecule has 1 N–H and O–H groups in total. The molecule has 3 heteroatoms. The van der Waals surface area contributed by atoms with Gasteiger partial charge in [-0.15, -0.1) is 0 Å². The molecule has 0 saturated carbocycles. The minimum absolute atomic E-state index is 0.230. The maximum absolute atomic E-state index is 10.3. The Morgan fingerprint density at radius 1 is 1.14 bits per heavy atom. The summed E-state index contributed by atoms with van der Waals surface area (Å²) >= 11 is 0. The molecule has 1 rings (SSSR count). The van der Waals surface area contributed by atoms with Gasteiger partial charge in [0.2, 0.25) is 0 Å². The van der Waals surface area contributed by atoms with Crippen LogP contribution in [0.15, 0.2) is 12.1 Å². The molecular formula is C19H34O2Si. The van der Waals surface area contributed by atoms with Crippen molar-refractivity contribution in [3.63, 3.8) is 0 Å². The predicted molar refractivity (Wildman–Crippen MR) is 98.3 cm³/mol. The van der Waals surface area contributed by atoms with E-state index in [9.17, 15) is 5.11 Å². The molecule has 0 aliphatic carbocycles. The van der Waals surface area contributed by atoms with Crippen LogP contribution in [-0.4, -0.2) is 20.0 Å². The van der Waals surface area contributed by atoms with E-state index in [1.807, 2.05) is 6.07 Å². The summed E-state index contributed by atoms with van der Waals surface area (Å²) in [6.45, 7) is 16.3. The summed E-state index contributed by atoms with van der Waals surface area (Å²) in [5.74, 6) is 0.435. The van der Waals surface area contributed by atoms with Gasteiger partial charge in [0.05, 0.1) is 0 Å². The molecule has 0 aliphatic heterocycles. The summed E-state index contributed by atoms with van der Waals surface area (Å²) in [5.41, 5.74) is 3.47. The number of hydrogen-bond acceptors (Lipinski definition) is 2. The first kappa shape index (κ1) is 19.2. The van der Waals surface area contributed by atoms with E-state index in [1.54, 1.807) is 0 Å². The second kappa shape index (κ2) is 7.65. The van der Waals surface area contributed by atoms with Crippen LogP contribution in [0.4, 0.5) is 0 Å². The van der Waals surface area contributed by atoms with Crippen molar-refractivity contribution in [1.29, 1.82) is 0 Å². The first-order valence-electron chi connectivity index (χ1n) is 8.54. The minimum Gasteiger partial charge on any atom is -0.508 e. The second-order valence-electron chi connectivity index (χ2n) is 7.87. The summed E-state index contributed by atoms with van der Waals surface area (Å²) < 4.78 is 6.23. The molecule has 2 nitrogen and oxygen atoms in total. The quantitative estimate of drug-likeness (QED) is 0.661. The topological polar surface area (TPSA) is 29.5 Å². The Labute approximate surface area is 138 Å². The van der Waals surface area contributed by atoms with Gasteiger partial charge in [0.15, 0.2) is 8.32 Å². The number of phenols is 1. The predicted octanol–water partition coefficient (Wildman–Crippen LogP) is 5.61. The van der Waals surface area contributed by atoms with Crippen LogP contribution in [0.5, 0.6) is 5.75 Å². The number of benzene rings is 1. The third-order valence-electron chi connectivity index (χ3n) is 4.95. The molecule has 1 aromatic carbocycles. The van der Waals surface area contributed by atoms with Crippen molar-refractivity contribution in [3.05, 3.63) is 28.8 Å². The number of aryl methyl sites for hydroxylation is 2. The van der Waals surface area contributed by atoms with Gasteiger partial charge in [0.1, 0.15) is 5.75 Å². The fourth-order valence-electron chi connectivity index (χ4n) is 2.35. The molecule has 22 heavy (non-hydrogen) atoms. The van der Waals surface area contributed by atoms with E-state index in [4.69, 9.17) is 4.43 Å². The zero-order valence-electron chi connectivity index (χ0n) is 15.5. The first-order valence-corrected chi connectivity index (χ1v) is 11.4. The lowest BCUT2D eigenvalue weighted by molar-refractivity contribution is 0.290. The Bertz CT molecular complexity index is 464. The van der Waals surface area contributed by atoms with Gasteiger partial charge in [-0.3, -0.25) is 0 Å². The zero-order valence-corrected chi connectivity index (χ0v) is 16.5. The number of unbranched alkanes of at least 4 members (excludes halogenated alkanes) is 1. The molecule has 0 saturated heterocycles. The smallest absolute Gasteiger partial charge is 0.191 e. The number of aromatic hydroxyl groups is 1. The highest BCUT2D eigenvalue weighted by Gasteiger charge is 2.36. The van der Waals surface area contributed by atoms with Crippen LogP contribution >= 0.6 is 0 Å². The van der Waals surface area contributed by atoms with Crippen molar-refractivity contribution in [2.75, 3.05) is 6.61 Å². The molecule has 0 unspecified atom stereocenters. The summed E-state index contributed by atoms with van der Waals surface area (Å²) in [6, 6.07) is 4.15. The summed E-state index contributed by atoms with van der Waals surface area (Å²) in [4.78, 5) is 0. The van der Waals surface area contributed by atoms with Crippen LogP contribution in [-0.2, 0) is 17.3 Å². The molecule has 0 radical (unpaired) electrons. The van der Waals surface area contributed by atoms with Gasteiger partial charge in [-0.1, -0.05) is 40.2 Å². The maximum atomic E-state index is 10.3. The van der Waals surface area contributed by atoms with E-state index in [2.05, 4.69) is 53.8 Å². The SMILES string of the molecule is CCCCc1cc(C)c(CCO[Si](C)(C)C(C)(C)C)c(O)c1. The van der Waals surface area contributed by atoms with Gasteiger partial charge in [-0.2, -0.15) is 0 Å². The molecule has 126 valence electrons. The minimum atomic E-state index is -1.70. The second-order valence-corrected chi connectivity index (χ2v) is 12.7. The van der Waals surface area contributed by atoms with Crippen LogP contribution in [0.3, 0.4) is 0 Å². The highest BCUT2D eigenvalue weighted by atomic mass is 28.4. The molecule has 0 heterocycles. The van der Waals surface area contributed by atoms with E-state index in [-0.39, 0.29) is 5.04 Å². The zero-order chi connectivity index (χ0) is 17.0. The highest BCUT2D eigenvalue weighted by molar-refractivity contribution is 6.74. The van der Waals surface area contributed by atoms with Crippen LogP contribution in [0.1, 0.15) is 57.2 Å². The number of hydrogen-bond donors (Lipinski definition) is 1. The summed E-state index contributed by atoms with van der Waals surface area (Å²) in [5, 5.41) is 10.5. The molecule has 0 spiro atoms. The lowest BCUT2D eigenvalue weighted by Gasteiger charge is -2.36. The summed E-state index contributed by atoms with van der Waals surface area (Å²) in [6.07, 6.45) is 4.19. The molecule has 0 aromatic heterocycles. The third kappa shape index (κ3) is 5.13. The van der Waals surface area contributed by atoms with Gasteiger partial charge in [-0.25, -0.2) is 0 Å². The number of rotatable bonds is 7. The molecule has 0 bridgehead atoms. The fourth-order valence-corrected chi connectivity index (χ4v) is 3.39. The van der Waals surface area contributed by atoms with Crippen LogP contribution in [0.2, 0.25) is 18.1 Å². The van der Waals surface area contributed by atoms with Crippen molar-refractivity contribution in [2.24, 2.45) is 0 Å². The maximum Gasteiger partial charge on any atom is 0.191 e. The van der Waals surface area contributed by atoms with Crippen LogP contribution in [0, 0.1) is 6.92 Å². The molecule has 1 aromatic rings. The monoisotopic (exact) mass is 322 g/mol. The Balaban J connectivity index is 2.71. The van der Waals surface area contributed by atoms with Crippen molar-refractivity contribution < 1.29 is 9.53 Å². The fraction of sp³-hybridized carbons (Fsp3) is 0.684. The number of phenolic OH excluding ortho intramolecular Hbond substituents is 1. The van der Waals surface area contributed by atoms with E-state index in [0.717, 1.165) is 18.4 Å². The molecule has 0 aliphatic rings. The van der Waals surface area contributed by atoms with Gasteiger partial charge in [0, 0.05) is 6.61 Å². The molecule has 0 fully saturated rings. The Hall–Kier alpha value is -0.803. The average molecular weight is 323 g/mol. The van der Waals surface area contributed by atoms with E-state index in [1.165, 1.54) is 24.0 Å². The summed E-state index contributed by atoms with van der Waals surface area (Å²) in [7, 11) is -1.70. The van der Waals surface area contributed by atoms with Gasteiger partial charge >= 0.3 is 0 Å². The van der Waals surface area contributed by atoms with E-state index < -0.39 is 8.32 Å². The van der Waals surface area contributed by atoms with Crippen LogP contribution < -0.4 is 0 Å². The molecule has 0 atom stereocenters. The largest absolute Gasteiger partial charge is 0.508 e. The van der Waals surface area contributed by atoms with Gasteiger partial charge in [0.25, 0.3) is 0 Å². The van der Waals surface area contributed by atoms with Crippen molar-refractivity contribution in [3.8, 4) is 5.75 Å². The Kier molecular flexibility index (Phi) is 6.69. The molecular weight excluding hydrogens is 288 g/mol. The molecule has 0 amide bonds. The Morgan fingerprint density at radius 3 is 2.27 bits per heavy atom. The normalized spacial score (nSPS) is 12.7. The Morgan fingerprint density at radius 2 is 1.77 bits per heavy atom. The van der Waals surface area contributed by atoms with Gasteiger partial charge in [-0.05, 0) is 67.1 Å².